The molecule has 2 heterocycles. The van der Waals surface area contributed by atoms with E-state index in [-0.39, 0.29) is 11.3 Å². The van der Waals surface area contributed by atoms with Gasteiger partial charge in [0.2, 0.25) is 0 Å². The maximum absolute atomic E-state index is 13.8. The van der Waals surface area contributed by atoms with Crippen LogP contribution in [0.5, 0.6) is 0 Å². The van der Waals surface area contributed by atoms with Crippen molar-refractivity contribution in [2.45, 2.75) is 91.2 Å². The molecule has 5 heteroatoms. The third-order valence-electron chi connectivity index (χ3n) is 11.4. The summed E-state index contributed by atoms with van der Waals surface area (Å²) in [7, 11) is 0. The van der Waals surface area contributed by atoms with Crippen molar-refractivity contribution in [1.82, 2.24) is 14.8 Å². The molecule has 0 bridgehead atoms. The second-order valence-electron chi connectivity index (χ2n) is 13.4. The molecular weight excluding hydrogens is 422 g/mol. The van der Waals surface area contributed by atoms with Gasteiger partial charge >= 0.3 is 0 Å². The predicted molar refractivity (Wildman–Crippen MR) is 132 cm³/mol. The Morgan fingerprint density at radius 2 is 1.94 bits per heavy atom. The van der Waals surface area contributed by atoms with Gasteiger partial charge in [-0.3, -0.25) is 4.79 Å². The average molecular weight is 464 g/mol. The second kappa shape index (κ2) is 7.62. The zero-order valence-electron chi connectivity index (χ0n) is 21.3. The third-order valence-corrected chi connectivity index (χ3v) is 11.4. The smallest absolute Gasteiger partial charge is 0.156 e. The molecule has 9 atom stereocenters. The van der Waals surface area contributed by atoms with E-state index >= 15 is 0 Å². The zero-order valence-corrected chi connectivity index (χ0v) is 21.3. The first kappa shape index (κ1) is 22.7. The Balaban J connectivity index is 1.24. The van der Waals surface area contributed by atoms with Gasteiger partial charge in [0.05, 0.1) is 18.3 Å². The fourth-order valence-corrected chi connectivity index (χ4v) is 9.74. The number of ketones is 1. The van der Waals surface area contributed by atoms with Gasteiger partial charge in [-0.1, -0.05) is 20.8 Å². The molecule has 1 N–H and O–H groups in total. The summed E-state index contributed by atoms with van der Waals surface area (Å²) in [5, 5.41) is 18.9. The average Bonchev–Trinajstić information content (AvgIpc) is 3.34. The van der Waals surface area contributed by atoms with Crippen molar-refractivity contribution in [3.63, 3.8) is 0 Å². The topological polar surface area (TPSA) is 68.0 Å². The van der Waals surface area contributed by atoms with Gasteiger partial charge in [0.25, 0.3) is 0 Å². The quantitative estimate of drug-likeness (QED) is 0.643. The van der Waals surface area contributed by atoms with E-state index in [9.17, 15) is 9.90 Å². The van der Waals surface area contributed by atoms with Crippen molar-refractivity contribution in [2.24, 2.45) is 46.3 Å². The molecule has 1 unspecified atom stereocenters. The van der Waals surface area contributed by atoms with E-state index in [2.05, 4.69) is 31.0 Å². The normalized spacial score (nSPS) is 46.0. The molecule has 2 aliphatic heterocycles. The van der Waals surface area contributed by atoms with Crippen molar-refractivity contribution in [3.05, 3.63) is 24.7 Å². The van der Waals surface area contributed by atoms with Crippen LogP contribution < -0.4 is 0 Å². The molecule has 0 saturated heterocycles. The van der Waals surface area contributed by atoms with Crippen molar-refractivity contribution >= 4 is 5.78 Å². The Bertz CT molecular complexity index is 1060. The number of Topliss-reactive ketones (excluding diaryl/α,β-unsaturated/α-hetero) is 1. The zero-order chi connectivity index (χ0) is 23.9. The van der Waals surface area contributed by atoms with Crippen LogP contribution in [0.4, 0.5) is 0 Å². The molecule has 34 heavy (non-hydrogen) atoms. The van der Waals surface area contributed by atoms with Crippen LogP contribution in [0, 0.1) is 46.3 Å². The van der Waals surface area contributed by atoms with E-state index in [4.69, 9.17) is 0 Å². The van der Waals surface area contributed by atoms with Crippen molar-refractivity contribution in [3.8, 4) is 11.3 Å². The summed E-state index contributed by atoms with van der Waals surface area (Å²) in [4.78, 5) is 13.8. The van der Waals surface area contributed by atoms with Crippen LogP contribution in [0.3, 0.4) is 0 Å². The summed E-state index contributed by atoms with van der Waals surface area (Å²) in [6, 6.07) is 2.01. The number of nitrogens with zero attached hydrogens (tertiary/aromatic N) is 3. The SMILES string of the molecule is C[C@@H]1C[C@H]2[C@@H]3CC[C@H]4C[C@](C)(O)CC[C@]4(C)[C@H]3CC[C@]2(C)C1C(=O)Cn1ccc2cnnc-2c1. The summed E-state index contributed by atoms with van der Waals surface area (Å²) < 4.78 is 2.01. The van der Waals surface area contributed by atoms with Gasteiger partial charge < -0.3 is 9.67 Å². The second-order valence-corrected chi connectivity index (χ2v) is 13.4. The first-order valence-corrected chi connectivity index (χ1v) is 13.6. The molecule has 0 radical (unpaired) electrons. The Labute approximate surface area is 204 Å². The summed E-state index contributed by atoms with van der Waals surface area (Å²) in [5.74, 6) is 3.80. The van der Waals surface area contributed by atoms with E-state index in [1.54, 1.807) is 6.20 Å². The number of fused-ring (bicyclic) bond motifs is 6. The van der Waals surface area contributed by atoms with E-state index in [0.717, 1.165) is 42.4 Å². The lowest BCUT2D eigenvalue weighted by atomic mass is 9.44. The van der Waals surface area contributed by atoms with Gasteiger partial charge in [-0.15, -0.1) is 5.10 Å². The molecule has 0 aromatic heterocycles. The standard InChI is InChI=1S/C29H41N3O2/c1-18-13-23-21-6-5-20-14-27(2,34)10-11-28(20,3)22(21)7-9-29(23,4)26(18)25(33)17-32-12-8-19-15-30-31-24(19)16-32/h8,12,15-16,18,20-23,26,34H,5-7,9-11,13-14,17H2,1-4H3/t18-,20+,21-,22+,23+,26?,27-,28+,29+/m1/s1. The van der Waals surface area contributed by atoms with Crippen LogP contribution in [0.15, 0.2) is 24.7 Å². The lowest BCUT2D eigenvalue weighted by Gasteiger charge is -2.61. The number of carbonyl (C=O) groups excluding carboxylic acids is 1. The summed E-state index contributed by atoms with van der Waals surface area (Å²) in [6.07, 6.45) is 15.0. The van der Waals surface area contributed by atoms with E-state index in [1.807, 2.05) is 30.0 Å². The minimum absolute atomic E-state index is 0.117. The Morgan fingerprint density at radius 1 is 1.12 bits per heavy atom. The molecule has 4 fully saturated rings. The lowest BCUT2D eigenvalue weighted by molar-refractivity contribution is -0.151. The van der Waals surface area contributed by atoms with Crippen LogP contribution in [0.1, 0.15) is 79.1 Å². The van der Waals surface area contributed by atoms with Crippen LogP contribution in [-0.4, -0.2) is 31.3 Å². The van der Waals surface area contributed by atoms with Gasteiger partial charge in [0.1, 0.15) is 5.69 Å². The number of pyridine rings is 1. The Morgan fingerprint density at radius 3 is 2.76 bits per heavy atom. The number of aromatic nitrogens is 3. The van der Waals surface area contributed by atoms with Crippen molar-refractivity contribution in [2.75, 3.05) is 0 Å². The summed E-state index contributed by atoms with van der Waals surface area (Å²) in [6.45, 7) is 9.82. The third kappa shape index (κ3) is 3.32. The highest BCUT2D eigenvalue weighted by Gasteiger charge is 2.63. The van der Waals surface area contributed by atoms with Gasteiger partial charge in [-0.05, 0) is 105 Å². The predicted octanol–water partition coefficient (Wildman–Crippen LogP) is 5.61. The molecule has 0 aromatic rings. The van der Waals surface area contributed by atoms with Crippen LogP contribution in [-0.2, 0) is 11.3 Å². The van der Waals surface area contributed by atoms with E-state index in [0.29, 0.717) is 35.5 Å². The fourth-order valence-electron chi connectivity index (χ4n) is 9.74. The molecule has 0 amide bonds. The minimum Gasteiger partial charge on any atom is -0.390 e. The van der Waals surface area contributed by atoms with Crippen molar-refractivity contribution in [1.29, 1.82) is 0 Å². The molecule has 6 aliphatic rings. The van der Waals surface area contributed by atoms with Crippen LogP contribution >= 0.6 is 0 Å². The maximum Gasteiger partial charge on any atom is 0.156 e. The molecule has 6 rings (SSSR count). The number of hydrogen-bond acceptors (Lipinski definition) is 4. The Hall–Kier alpha value is -1.75. The minimum atomic E-state index is -0.478. The monoisotopic (exact) mass is 463 g/mol. The number of hydrogen-bond donors (Lipinski definition) is 1. The van der Waals surface area contributed by atoms with Crippen LogP contribution in [0.2, 0.25) is 0 Å². The molecule has 184 valence electrons. The highest BCUT2D eigenvalue weighted by molar-refractivity contribution is 5.82. The highest BCUT2D eigenvalue weighted by Crippen LogP contribution is 2.69. The van der Waals surface area contributed by atoms with E-state index < -0.39 is 5.60 Å². The van der Waals surface area contributed by atoms with Crippen molar-refractivity contribution < 1.29 is 9.90 Å². The lowest BCUT2D eigenvalue weighted by Crippen LogP contribution is -2.55. The number of rotatable bonds is 3. The molecule has 5 nitrogen and oxygen atoms in total. The Kier molecular flexibility index (Phi) is 5.09. The molecule has 0 spiro atoms. The van der Waals surface area contributed by atoms with Gasteiger partial charge in [-0.25, -0.2) is 0 Å². The molecule has 0 aromatic carbocycles. The number of carbonyl (C=O) groups is 1. The first-order chi connectivity index (χ1) is 16.1. The van der Waals surface area contributed by atoms with E-state index in [1.165, 1.54) is 32.1 Å². The summed E-state index contributed by atoms with van der Waals surface area (Å²) in [5.41, 5.74) is 1.89. The molecular formula is C29H41N3O2. The number of aliphatic hydroxyl groups is 1. The maximum atomic E-state index is 13.8. The van der Waals surface area contributed by atoms with Gasteiger partial charge in [-0.2, -0.15) is 5.10 Å². The van der Waals surface area contributed by atoms with Gasteiger partial charge in [0.15, 0.2) is 5.78 Å². The van der Waals surface area contributed by atoms with Gasteiger partial charge in [0, 0.05) is 23.9 Å². The summed E-state index contributed by atoms with van der Waals surface area (Å²) >= 11 is 0. The largest absolute Gasteiger partial charge is 0.390 e. The highest BCUT2D eigenvalue weighted by atomic mass is 16.3. The van der Waals surface area contributed by atoms with Crippen LogP contribution in [0.25, 0.3) is 11.3 Å². The molecule has 4 saturated carbocycles. The first-order valence-electron chi connectivity index (χ1n) is 13.6. The fraction of sp³-hybridized carbons (Fsp3) is 0.759. The molecule has 4 aliphatic carbocycles.